The number of halogens is 1. The Morgan fingerprint density at radius 2 is 2.06 bits per heavy atom. The van der Waals surface area contributed by atoms with Crippen molar-refractivity contribution < 1.29 is 14.3 Å². The molecular weight excluding hydrogens is 256 g/mol. The van der Waals surface area contributed by atoms with Gasteiger partial charge in [0.05, 0.1) is 5.02 Å². The lowest BCUT2D eigenvalue weighted by molar-refractivity contribution is -0.130. The van der Waals surface area contributed by atoms with Gasteiger partial charge in [-0.25, -0.2) is 4.79 Å². The molecular formula is C12H17ClN2O3. The van der Waals surface area contributed by atoms with E-state index in [4.69, 9.17) is 16.3 Å². The number of nitrogens with one attached hydrogen (secondary N) is 2. The van der Waals surface area contributed by atoms with Crippen molar-refractivity contribution in [3.05, 3.63) is 23.0 Å². The lowest BCUT2D eigenvalue weighted by Gasteiger charge is -2.23. The smallest absolute Gasteiger partial charge is 0.355 e. The third kappa shape index (κ3) is 4.41. The Bertz CT molecular complexity index is 448. The van der Waals surface area contributed by atoms with Crippen LogP contribution in [0.3, 0.4) is 0 Å². The summed E-state index contributed by atoms with van der Waals surface area (Å²) in [5.41, 5.74) is -0.150. The Balaban J connectivity index is 2.57. The number of esters is 1. The molecule has 0 unspecified atom stereocenters. The molecule has 1 aromatic rings. The summed E-state index contributed by atoms with van der Waals surface area (Å²) in [6.07, 6.45) is 0.608. The minimum atomic E-state index is -0.862. The van der Waals surface area contributed by atoms with Crippen molar-refractivity contribution in [3.8, 4) is 0 Å². The number of hydrogen-bond acceptors (Lipinski definition) is 3. The molecule has 0 saturated heterocycles. The second kappa shape index (κ2) is 5.44. The summed E-state index contributed by atoms with van der Waals surface area (Å²) in [6.45, 7) is 7.07. The average Bonchev–Trinajstić information content (AvgIpc) is 2.62. The summed E-state index contributed by atoms with van der Waals surface area (Å²) in [7, 11) is 0. The zero-order chi connectivity index (χ0) is 13.9. The van der Waals surface area contributed by atoms with Crippen LogP contribution in [0, 0.1) is 0 Å². The highest BCUT2D eigenvalue weighted by atomic mass is 35.5. The molecule has 1 amide bonds. The molecule has 0 aromatic carbocycles. The maximum absolute atomic E-state index is 11.7. The molecule has 18 heavy (non-hydrogen) atoms. The zero-order valence-electron chi connectivity index (χ0n) is 10.8. The molecule has 0 saturated carbocycles. The Hall–Kier alpha value is -1.49. The fourth-order valence-corrected chi connectivity index (χ4v) is 1.40. The van der Waals surface area contributed by atoms with Gasteiger partial charge >= 0.3 is 5.97 Å². The van der Waals surface area contributed by atoms with Gasteiger partial charge in [-0.05, 0) is 33.8 Å². The van der Waals surface area contributed by atoms with Crippen molar-refractivity contribution in [2.75, 3.05) is 0 Å². The van der Waals surface area contributed by atoms with Gasteiger partial charge in [0.15, 0.2) is 6.10 Å². The van der Waals surface area contributed by atoms with E-state index in [1.54, 1.807) is 0 Å². The largest absolute Gasteiger partial charge is 0.448 e. The van der Waals surface area contributed by atoms with E-state index in [-0.39, 0.29) is 17.1 Å². The standard InChI is InChI=1S/C12H17ClN2O3/c1-7(10(16)15-12(2,3)4)18-11(17)9-5-8(13)6-14-9/h5-7,14H,1-4H3,(H,15,16)/t7-/m1/s1. The van der Waals surface area contributed by atoms with E-state index in [0.717, 1.165) is 0 Å². The highest BCUT2D eigenvalue weighted by Crippen LogP contribution is 2.11. The number of aromatic amines is 1. The van der Waals surface area contributed by atoms with Crippen LogP contribution in [0.2, 0.25) is 5.02 Å². The zero-order valence-corrected chi connectivity index (χ0v) is 11.6. The van der Waals surface area contributed by atoms with Crippen LogP contribution < -0.4 is 5.32 Å². The summed E-state index contributed by atoms with van der Waals surface area (Å²) in [6, 6.07) is 1.44. The number of rotatable bonds is 3. The number of carbonyl (C=O) groups excluding carboxylic acids is 2. The maximum atomic E-state index is 11.7. The van der Waals surface area contributed by atoms with Gasteiger partial charge < -0.3 is 15.0 Å². The van der Waals surface area contributed by atoms with E-state index in [2.05, 4.69) is 10.3 Å². The molecule has 0 fully saturated rings. The van der Waals surface area contributed by atoms with E-state index in [9.17, 15) is 9.59 Å². The molecule has 6 heteroatoms. The second-order valence-corrected chi connectivity index (χ2v) is 5.45. The fourth-order valence-electron chi connectivity index (χ4n) is 1.23. The predicted octanol–water partition coefficient (Wildman–Crippen LogP) is 2.13. The van der Waals surface area contributed by atoms with Gasteiger partial charge in [0, 0.05) is 11.7 Å². The predicted molar refractivity (Wildman–Crippen MR) is 68.6 cm³/mol. The van der Waals surface area contributed by atoms with E-state index >= 15 is 0 Å². The van der Waals surface area contributed by atoms with E-state index in [0.29, 0.717) is 5.02 Å². The molecule has 0 radical (unpaired) electrons. The molecule has 1 aromatic heterocycles. The van der Waals surface area contributed by atoms with Crippen LogP contribution in [0.5, 0.6) is 0 Å². The fraction of sp³-hybridized carbons (Fsp3) is 0.500. The van der Waals surface area contributed by atoms with E-state index in [1.807, 2.05) is 20.8 Å². The number of carbonyl (C=O) groups is 2. The first kappa shape index (κ1) is 14.6. The van der Waals surface area contributed by atoms with E-state index in [1.165, 1.54) is 19.2 Å². The van der Waals surface area contributed by atoms with Crippen LogP contribution in [0.4, 0.5) is 0 Å². The normalized spacial score (nSPS) is 12.9. The summed E-state index contributed by atoms with van der Waals surface area (Å²) < 4.78 is 5.02. The van der Waals surface area contributed by atoms with Crippen LogP contribution in [0.15, 0.2) is 12.3 Å². The number of H-pyrrole nitrogens is 1. The molecule has 5 nitrogen and oxygen atoms in total. The van der Waals surface area contributed by atoms with Crippen LogP contribution in [-0.2, 0) is 9.53 Å². The third-order valence-corrected chi connectivity index (χ3v) is 2.24. The van der Waals surface area contributed by atoms with Gasteiger partial charge in [-0.1, -0.05) is 11.6 Å². The van der Waals surface area contributed by atoms with Crippen molar-refractivity contribution in [1.82, 2.24) is 10.3 Å². The Morgan fingerprint density at radius 1 is 1.44 bits per heavy atom. The van der Waals surface area contributed by atoms with Crippen LogP contribution in [-0.4, -0.2) is 28.5 Å². The number of hydrogen-bond donors (Lipinski definition) is 2. The van der Waals surface area contributed by atoms with Crippen molar-refractivity contribution in [1.29, 1.82) is 0 Å². The Labute approximate surface area is 111 Å². The molecule has 0 aliphatic carbocycles. The summed E-state index contributed by atoms with van der Waals surface area (Å²) in [4.78, 5) is 26.0. The summed E-state index contributed by atoms with van der Waals surface area (Å²) in [5, 5.41) is 3.14. The topological polar surface area (TPSA) is 71.2 Å². The quantitative estimate of drug-likeness (QED) is 0.828. The lowest BCUT2D eigenvalue weighted by Crippen LogP contribution is -2.46. The number of ether oxygens (including phenoxy) is 1. The first-order valence-electron chi connectivity index (χ1n) is 5.56. The molecule has 1 rings (SSSR count). The molecule has 0 bridgehead atoms. The highest BCUT2D eigenvalue weighted by Gasteiger charge is 2.23. The van der Waals surface area contributed by atoms with Crippen LogP contribution in [0.25, 0.3) is 0 Å². The SMILES string of the molecule is C[C@@H](OC(=O)c1cc(Cl)c[nH]1)C(=O)NC(C)(C)C. The Morgan fingerprint density at radius 3 is 2.50 bits per heavy atom. The van der Waals surface area contributed by atoms with Gasteiger partial charge in [-0.2, -0.15) is 0 Å². The van der Waals surface area contributed by atoms with Crippen molar-refractivity contribution >= 4 is 23.5 Å². The summed E-state index contributed by atoms with van der Waals surface area (Å²) >= 11 is 5.67. The number of amides is 1. The summed E-state index contributed by atoms with van der Waals surface area (Å²) in [5.74, 6) is -0.952. The molecule has 1 heterocycles. The second-order valence-electron chi connectivity index (χ2n) is 5.02. The van der Waals surface area contributed by atoms with Crippen molar-refractivity contribution in [3.63, 3.8) is 0 Å². The molecule has 0 aliphatic heterocycles. The number of aromatic nitrogens is 1. The molecule has 0 spiro atoms. The first-order valence-corrected chi connectivity index (χ1v) is 5.94. The third-order valence-electron chi connectivity index (χ3n) is 2.02. The lowest BCUT2D eigenvalue weighted by atomic mass is 10.1. The van der Waals surface area contributed by atoms with Crippen LogP contribution in [0.1, 0.15) is 38.2 Å². The highest BCUT2D eigenvalue weighted by molar-refractivity contribution is 6.30. The monoisotopic (exact) mass is 272 g/mol. The average molecular weight is 273 g/mol. The molecule has 1 atom stereocenters. The Kier molecular flexibility index (Phi) is 4.40. The maximum Gasteiger partial charge on any atom is 0.355 e. The minimum Gasteiger partial charge on any atom is -0.448 e. The van der Waals surface area contributed by atoms with Gasteiger partial charge in [-0.15, -0.1) is 0 Å². The minimum absolute atomic E-state index is 0.218. The van der Waals surface area contributed by atoms with Crippen LogP contribution >= 0.6 is 11.6 Å². The van der Waals surface area contributed by atoms with Gasteiger partial charge in [-0.3, -0.25) is 4.79 Å². The molecule has 100 valence electrons. The molecule has 2 N–H and O–H groups in total. The van der Waals surface area contributed by atoms with Crippen molar-refractivity contribution in [2.45, 2.75) is 39.3 Å². The van der Waals surface area contributed by atoms with Gasteiger partial charge in [0.1, 0.15) is 5.69 Å². The van der Waals surface area contributed by atoms with Gasteiger partial charge in [0.2, 0.25) is 0 Å². The molecule has 0 aliphatic rings. The van der Waals surface area contributed by atoms with E-state index < -0.39 is 12.1 Å². The van der Waals surface area contributed by atoms with Gasteiger partial charge in [0.25, 0.3) is 5.91 Å². The van der Waals surface area contributed by atoms with Crippen molar-refractivity contribution in [2.24, 2.45) is 0 Å². The first-order chi connectivity index (χ1) is 8.19.